The summed E-state index contributed by atoms with van der Waals surface area (Å²) in [5.74, 6) is -0.663. The molecule has 0 fully saturated rings. The van der Waals surface area contributed by atoms with E-state index in [2.05, 4.69) is 5.32 Å². The maximum absolute atomic E-state index is 13.1. The molecule has 160 valence electrons. The van der Waals surface area contributed by atoms with E-state index in [1.165, 1.54) is 0 Å². The van der Waals surface area contributed by atoms with Crippen LogP contribution in [-0.4, -0.2) is 28.1 Å². The molecule has 3 aromatic carbocycles. The van der Waals surface area contributed by atoms with Crippen molar-refractivity contribution in [1.82, 2.24) is 15.1 Å². The zero-order chi connectivity index (χ0) is 22.5. The molecule has 1 aromatic heterocycles. The number of amides is 2. The quantitative estimate of drug-likeness (QED) is 0.471. The van der Waals surface area contributed by atoms with E-state index < -0.39 is 5.91 Å². The average Bonchev–Trinajstić information content (AvgIpc) is 3.25. The summed E-state index contributed by atoms with van der Waals surface area (Å²) in [6.45, 7) is 2.43. The van der Waals surface area contributed by atoms with Crippen LogP contribution in [0.5, 0.6) is 0 Å². The van der Waals surface area contributed by atoms with Gasteiger partial charge in [0.1, 0.15) is 5.69 Å². The summed E-state index contributed by atoms with van der Waals surface area (Å²) in [6.07, 6.45) is 2.35. The fourth-order valence-electron chi connectivity index (χ4n) is 3.59. The Bertz CT molecular complexity index is 1260. The van der Waals surface area contributed by atoms with Crippen LogP contribution in [-0.2, 0) is 6.42 Å². The van der Waals surface area contributed by atoms with E-state index in [4.69, 9.17) is 10.8 Å². The monoisotopic (exact) mass is 424 g/mol. The summed E-state index contributed by atoms with van der Waals surface area (Å²) < 4.78 is 1.73. The maximum atomic E-state index is 13.1. The normalized spacial score (nSPS) is 10.7. The Kier molecular flexibility index (Phi) is 6.12. The van der Waals surface area contributed by atoms with Gasteiger partial charge >= 0.3 is 0 Å². The fraction of sp³-hybridized carbons (Fsp3) is 0.115. The average molecular weight is 425 g/mol. The first kappa shape index (κ1) is 21.1. The van der Waals surface area contributed by atoms with Crippen LogP contribution in [0.25, 0.3) is 16.9 Å². The topological polar surface area (TPSA) is 90.0 Å². The second kappa shape index (κ2) is 9.31. The molecule has 3 N–H and O–H groups in total. The van der Waals surface area contributed by atoms with E-state index in [1.54, 1.807) is 29.1 Å². The zero-order valence-electron chi connectivity index (χ0n) is 17.8. The second-order valence-corrected chi connectivity index (χ2v) is 7.56. The Morgan fingerprint density at radius 3 is 2.47 bits per heavy atom. The third-order valence-corrected chi connectivity index (χ3v) is 5.29. The molecule has 1 heterocycles. The molecule has 2 amide bonds. The first-order valence-electron chi connectivity index (χ1n) is 10.4. The molecule has 4 aromatic rings. The molecule has 32 heavy (non-hydrogen) atoms. The van der Waals surface area contributed by atoms with Crippen LogP contribution in [0, 0.1) is 6.92 Å². The van der Waals surface area contributed by atoms with Gasteiger partial charge in [0.2, 0.25) is 5.91 Å². The Balaban J connectivity index is 1.58. The number of aryl methyl sites for hydroxylation is 1. The number of benzene rings is 3. The van der Waals surface area contributed by atoms with Crippen LogP contribution in [0.1, 0.15) is 31.8 Å². The number of carbonyl (C=O) groups is 2. The first-order chi connectivity index (χ1) is 15.5. The molecule has 0 radical (unpaired) electrons. The predicted octanol–water partition coefficient (Wildman–Crippen LogP) is 3.92. The van der Waals surface area contributed by atoms with Crippen molar-refractivity contribution in [2.24, 2.45) is 5.73 Å². The predicted molar refractivity (Wildman–Crippen MR) is 125 cm³/mol. The molecule has 0 bridgehead atoms. The number of nitrogens with two attached hydrogens (primary N) is 1. The number of nitrogens with one attached hydrogen (secondary N) is 1. The van der Waals surface area contributed by atoms with Gasteiger partial charge in [-0.25, -0.2) is 4.68 Å². The highest BCUT2D eigenvalue weighted by molar-refractivity contribution is 6.00. The van der Waals surface area contributed by atoms with Gasteiger partial charge in [-0.15, -0.1) is 0 Å². The SMILES string of the molecule is Cc1ccccc1-c1nn(-c2ccccc2)cc1C(=O)NCCc1cccc(C(N)=O)c1. The van der Waals surface area contributed by atoms with Gasteiger partial charge in [-0.1, -0.05) is 54.6 Å². The minimum Gasteiger partial charge on any atom is -0.366 e. The smallest absolute Gasteiger partial charge is 0.255 e. The zero-order valence-corrected chi connectivity index (χ0v) is 17.8. The Labute approximate surface area is 186 Å². The highest BCUT2D eigenvalue weighted by Crippen LogP contribution is 2.26. The lowest BCUT2D eigenvalue weighted by Gasteiger charge is -2.08. The number of aromatic nitrogens is 2. The van der Waals surface area contributed by atoms with Crippen molar-refractivity contribution in [3.63, 3.8) is 0 Å². The summed E-state index contributed by atoms with van der Waals surface area (Å²) in [5.41, 5.74) is 10.7. The maximum Gasteiger partial charge on any atom is 0.255 e. The molecule has 0 saturated heterocycles. The summed E-state index contributed by atoms with van der Waals surface area (Å²) in [5, 5.41) is 7.72. The Morgan fingerprint density at radius 1 is 0.969 bits per heavy atom. The second-order valence-electron chi connectivity index (χ2n) is 7.56. The fourth-order valence-corrected chi connectivity index (χ4v) is 3.59. The van der Waals surface area contributed by atoms with Crippen molar-refractivity contribution >= 4 is 11.8 Å². The molecule has 0 unspecified atom stereocenters. The third kappa shape index (κ3) is 4.59. The lowest BCUT2D eigenvalue weighted by molar-refractivity contribution is 0.0953. The molecule has 0 aliphatic rings. The Hall–Kier alpha value is -4.19. The molecule has 0 atom stereocenters. The standard InChI is InChI=1S/C26H24N4O2/c1-18-8-5-6-13-22(18)24-23(17-30(29-24)21-11-3-2-4-12-21)26(32)28-15-14-19-9-7-10-20(16-19)25(27)31/h2-13,16-17H,14-15H2,1H3,(H2,27,31)(H,28,32). The van der Waals surface area contributed by atoms with E-state index in [9.17, 15) is 9.59 Å². The van der Waals surface area contributed by atoms with Crippen LogP contribution in [0.3, 0.4) is 0 Å². The van der Waals surface area contributed by atoms with Gasteiger partial charge in [0.25, 0.3) is 5.91 Å². The van der Waals surface area contributed by atoms with Crippen LogP contribution in [0.4, 0.5) is 0 Å². The van der Waals surface area contributed by atoms with E-state index in [0.717, 1.165) is 22.4 Å². The Morgan fingerprint density at radius 2 is 1.72 bits per heavy atom. The number of primary amides is 1. The molecular formula is C26H24N4O2. The van der Waals surface area contributed by atoms with Crippen molar-refractivity contribution in [2.75, 3.05) is 6.54 Å². The van der Waals surface area contributed by atoms with Crippen molar-refractivity contribution in [3.05, 3.63) is 107 Å². The lowest BCUT2D eigenvalue weighted by atomic mass is 10.0. The van der Waals surface area contributed by atoms with Crippen molar-refractivity contribution in [3.8, 4) is 16.9 Å². The first-order valence-corrected chi connectivity index (χ1v) is 10.4. The molecule has 0 saturated carbocycles. The van der Waals surface area contributed by atoms with Gasteiger partial charge in [-0.05, 0) is 48.7 Å². The van der Waals surface area contributed by atoms with Crippen molar-refractivity contribution in [1.29, 1.82) is 0 Å². The van der Waals surface area contributed by atoms with Gasteiger partial charge in [0.15, 0.2) is 0 Å². The highest BCUT2D eigenvalue weighted by atomic mass is 16.2. The minimum atomic E-state index is -0.466. The molecule has 0 spiro atoms. The molecular weight excluding hydrogens is 400 g/mol. The van der Waals surface area contributed by atoms with Crippen LogP contribution in [0.2, 0.25) is 0 Å². The molecule has 6 heteroatoms. The molecule has 0 aliphatic carbocycles. The third-order valence-electron chi connectivity index (χ3n) is 5.29. The van der Waals surface area contributed by atoms with Crippen LogP contribution in [0.15, 0.2) is 85.1 Å². The van der Waals surface area contributed by atoms with Crippen LogP contribution >= 0.6 is 0 Å². The van der Waals surface area contributed by atoms with E-state index in [-0.39, 0.29) is 5.91 Å². The summed E-state index contributed by atoms with van der Waals surface area (Å²) >= 11 is 0. The molecule has 6 nitrogen and oxygen atoms in total. The number of hydrogen-bond donors (Lipinski definition) is 2. The highest BCUT2D eigenvalue weighted by Gasteiger charge is 2.19. The van der Waals surface area contributed by atoms with Gasteiger partial charge < -0.3 is 11.1 Å². The summed E-state index contributed by atoms with van der Waals surface area (Å²) in [4.78, 5) is 24.5. The number of carbonyl (C=O) groups excluding carboxylic acids is 2. The van der Waals surface area contributed by atoms with Gasteiger partial charge in [-0.2, -0.15) is 5.10 Å². The number of rotatable bonds is 7. The van der Waals surface area contributed by atoms with E-state index in [0.29, 0.717) is 29.8 Å². The number of hydrogen-bond acceptors (Lipinski definition) is 3. The van der Waals surface area contributed by atoms with E-state index in [1.807, 2.05) is 67.6 Å². The molecule has 4 rings (SSSR count). The van der Waals surface area contributed by atoms with Crippen LogP contribution < -0.4 is 11.1 Å². The lowest BCUT2D eigenvalue weighted by Crippen LogP contribution is -2.26. The summed E-state index contributed by atoms with van der Waals surface area (Å²) in [6, 6.07) is 24.7. The van der Waals surface area contributed by atoms with Gasteiger partial charge in [0.05, 0.1) is 11.3 Å². The van der Waals surface area contributed by atoms with E-state index >= 15 is 0 Å². The largest absolute Gasteiger partial charge is 0.366 e. The number of para-hydroxylation sites is 1. The summed E-state index contributed by atoms with van der Waals surface area (Å²) in [7, 11) is 0. The number of nitrogens with zero attached hydrogens (tertiary/aromatic N) is 2. The molecule has 0 aliphatic heterocycles. The van der Waals surface area contributed by atoms with Gasteiger partial charge in [0, 0.05) is 23.9 Å². The van der Waals surface area contributed by atoms with Gasteiger partial charge in [-0.3, -0.25) is 9.59 Å². The van der Waals surface area contributed by atoms with Crippen molar-refractivity contribution in [2.45, 2.75) is 13.3 Å². The van der Waals surface area contributed by atoms with Crippen molar-refractivity contribution < 1.29 is 9.59 Å². The minimum absolute atomic E-state index is 0.198.